The Kier molecular flexibility index (Phi) is 5.24. The Hall–Kier alpha value is -3.93. The van der Waals surface area contributed by atoms with Crippen molar-refractivity contribution in [3.8, 4) is 22.6 Å². The highest BCUT2D eigenvalue weighted by molar-refractivity contribution is 6.11. The summed E-state index contributed by atoms with van der Waals surface area (Å²) in [5, 5.41) is 1.97. The van der Waals surface area contributed by atoms with Crippen molar-refractivity contribution < 1.29 is 17.9 Å². The first-order valence-corrected chi connectivity index (χ1v) is 10.8. The Labute approximate surface area is 195 Å². The van der Waals surface area contributed by atoms with E-state index in [-0.39, 0.29) is 0 Å². The Morgan fingerprint density at radius 1 is 0.765 bits per heavy atom. The maximum absolute atomic E-state index is 14.0. The van der Waals surface area contributed by atoms with Gasteiger partial charge in [0, 0.05) is 30.4 Å². The van der Waals surface area contributed by atoms with Crippen LogP contribution in [0.5, 0.6) is 5.75 Å². The number of para-hydroxylation sites is 1. The summed E-state index contributed by atoms with van der Waals surface area (Å²) < 4.78 is 49.4. The van der Waals surface area contributed by atoms with Crippen LogP contribution in [-0.2, 0) is 6.18 Å². The lowest BCUT2D eigenvalue weighted by Crippen LogP contribution is -2.16. The summed E-state index contributed by atoms with van der Waals surface area (Å²) in [6.45, 7) is 0. The van der Waals surface area contributed by atoms with Crippen LogP contribution in [0.1, 0.15) is 5.56 Å². The summed E-state index contributed by atoms with van der Waals surface area (Å²) in [6.07, 6.45) is -4.47. The molecule has 0 radical (unpaired) electrons. The number of aromatic nitrogens is 1. The molecule has 0 amide bonds. The number of hydrogen-bond acceptors (Lipinski definition) is 2. The van der Waals surface area contributed by atoms with Crippen molar-refractivity contribution in [1.29, 1.82) is 0 Å². The average Bonchev–Trinajstić information content (AvgIpc) is 3.16. The maximum atomic E-state index is 14.0. The second-order valence-electron chi connectivity index (χ2n) is 8.39. The Balaban J connectivity index is 1.98. The van der Waals surface area contributed by atoms with Crippen LogP contribution in [0.3, 0.4) is 0 Å². The zero-order valence-corrected chi connectivity index (χ0v) is 19.0. The topological polar surface area (TPSA) is 17.4 Å². The van der Waals surface area contributed by atoms with Gasteiger partial charge in [-0.2, -0.15) is 13.2 Å². The number of ether oxygens (including phenoxy) is 1. The zero-order valence-electron chi connectivity index (χ0n) is 19.0. The van der Waals surface area contributed by atoms with Gasteiger partial charge in [-0.25, -0.2) is 0 Å². The van der Waals surface area contributed by atoms with E-state index in [0.717, 1.165) is 27.6 Å². The predicted octanol–water partition coefficient (Wildman–Crippen LogP) is 7.54. The lowest BCUT2D eigenvalue weighted by molar-refractivity contribution is -0.137. The SMILES string of the molecule is COc1ccc2c(c1)c1ccccc1n2-c1c(-c2ccccc2)cc(C(F)(F)F)cc1N(C)C. The van der Waals surface area contributed by atoms with Crippen molar-refractivity contribution in [3.63, 3.8) is 0 Å². The van der Waals surface area contributed by atoms with Crippen LogP contribution in [0, 0.1) is 0 Å². The van der Waals surface area contributed by atoms with Gasteiger partial charge in [-0.05, 0) is 42.0 Å². The minimum Gasteiger partial charge on any atom is -0.497 e. The number of rotatable bonds is 4. The molecular weight excluding hydrogens is 437 g/mol. The molecule has 0 saturated heterocycles. The normalized spacial score (nSPS) is 11.8. The monoisotopic (exact) mass is 460 g/mol. The molecule has 4 aromatic carbocycles. The van der Waals surface area contributed by atoms with Crippen LogP contribution in [0.15, 0.2) is 84.9 Å². The maximum Gasteiger partial charge on any atom is 0.416 e. The van der Waals surface area contributed by atoms with Crippen LogP contribution in [0.4, 0.5) is 18.9 Å². The van der Waals surface area contributed by atoms with E-state index in [9.17, 15) is 13.2 Å². The fourth-order valence-corrected chi connectivity index (χ4v) is 4.52. The third-order valence-corrected chi connectivity index (χ3v) is 6.09. The molecule has 0 atom stereocenters. The lowest BCUT2D eigenvalue weighted by Gasteiger charge is -2.25. The van der Waals surface area contributed by atoms with Crippen molar-refractivity contribution in [3.05, 3.63) is 90.5 Å². The predicted molar refractivity (Wildman–Crippen MR) is 132 cm³/mol. The van der Waals surface area contributed by atoms with E-state index in [0.29, 0.717) is 22.5 Å². The van der Waals surface area contributed by atoms with Gasteiger partial charge in [0.1, 0.15) is 5.75 Å². The standard InChI is InChI=1S/C28H23F3N2O/c1-32(2)26-16-19(28(29,30)31)15-22(18-9-5-4-6-10-18)27(26)33-24-12-8-7-11-21(24)23-17-20(34-3)13-14-25(23)33/h4-17H,1-3H3. The number of benzene rings is 4. The van der Waals surface area contributed by atoms with Crippen molar-refractivity contribution in [1.82, 2.24) is 4.57 Å². The van der Waals surface area contributed by atoms with E-state index < -0.39 is 11.7 Å². The molecule has 0 aliphatic heterocycles. The molecule has 5 rings (SSSR count). The summed E-state index contributed by atoms with van der Waals surface area (Å²) >= 11 is 0. The Morgan fingerprint density at radius 3 is 2.12 bits per heavy atom. The zero-order chi connectivity index (χ0) is 24.0. The van der Waals surface area contributed by atoms with E-state index in [4.69, 9.17) is 4.74 Å². The van der Waals surface area contributed by atoms with E-state index in [1.807, 2.05) is 72.8 Å². The summed E-state index contributed by atoms with van der Waals surface area (Å²) in [7, 11) is 5.16. The molecule has 0 bridgehead atoms. The van der Waals surface area contributed by atoms with E-state index in [1.54, 1.807) is 26.1 Å². The Morgan fingerprint density at radius 2 is 1.44 bits per heavy atom. The number of fused-ring (bicyclic) bond motifs is 3. The fraction of sp³-hybridized carbons (Fsp3) is 0.143. The largest absolute Gasteiger partial charge is 0.497 e. The molecule has 0 aliphatic rings. The molecule has 34 heavy (non-hydrogen) atoms. The van der Waals surface area contributed by atoms with Gasteiger partial charge >= 0.3 is 6.18 Å². The minimum absolute atomic E-state index is 0.479. The molecular formula is C28H23F3N2O. The molecule has 0 N–H and O–H groups in total. The highest BCUT2D eigenvalue weighted by atomic mass is 19.4. The van der Waals surface area contributed by atoms with Gasteiger partial charge in [-0.1, -0.05) is 48.5 Å². The van der Waals surface area contributed by atoms with Crippen LogP contribution >= 0.6 is 0 Å². The van der Waals surface area contributed by atoms with Crippen LogP contribution in [0.25, 0.3) is 38.6 Å². The Bertz CT molecular complexity index is 1500. The van der Waals surface area contributed by atoms with Crippen LogP contribution < -0.4 is 9.64 Å². The van der Waals surface area contributed by atoms with Crippen molar-refractivity contribution in [2.24, 2.45) is 0 Å². The fourth-order valence-electron chi connectivity index (χ4n) is 4.52. The third kappa shape index (κ3) is 3.55. The second-order valence-corrected chi connectivity index (χ2v) is 8.39. The molecule has 0 unspecified atom stereocenters. The van der Waals surface area contributed by atoms with Crippen LogP contribution in [0.2, 0.25) is 0 Å². The summed E-state index contributed by atoms with van der Waals surface area (Å²) in [6, 6.07) is 25.4. The van der Waals surface area contributed by atoms with Crippen LogP contribution in [-0.4, -0.2) is 25.8 Å². The summed E-state index contributed by atoms with van der Waals surface area (Å²) in [5.74, 6) is 0.721. The van der Waals surface area contributed by atoms with Crippen molar-refractivity contribution in [2.45, 2.75) is 6.18 Å². The van der Waals surface area contributed by atoms with E-state index in [2.05, 4.69) is 4.57 Å². The quantitative estimate of drug-likeness (QED) is 0.276. The summed E-state index contributed by atoms with van der Waals surface area (Å²) in [4.78, 5) is 1.74. The van der Waals surface area contributed by atoms with E-state index >= 15 is 0 Å². The molecule has 172 valence electrons. The average molecular weight is 460 g/mol. The van der Waals surface area contributed by atoms with E-state index in [1.165, 1.54) is 12.1 Å². The first-order valence-electron chi connectivity index (χ1n) is 10.8. The second kappa shape index (κ2) is 8.13. The van der Waals surface area contributed by atoms with Crippen molar-refractivity contribution >= 4 is 27.5 Å². The number of anilines is 1. The highest BCUT2D eigenvalue weighted by Crippen LogP contribution is 2.44. The molecule has 3 nitrogen and oxygen atoms in total. The number of methoxy groups -OCH3 is 1. The first kappa shape index (κ1) is 21.9. The first-order chi connectivity index (χ1) is 16.3. The molecule has 0 spiro atoms. The number of hydrogen-bond donors (Lipinski definition) is 0. The van der Waals surface area contributed by atoms with Gasteiger partial charge in [0.2, 0.25) is 0 Å². The van der Waals surface area contributed by atoms with Gasteiger partial charge in [0.05, 0.1) is 35.1 Å². The van der Waals surface area contributed by atoms with Gasteiger partial charge < -0.3 is 14.2 Å². The number of halogens is 3. The number of alkyl halides is 3. The van der Waals surface area contributed by atoms with Crippen molar-refractivity contribution in [2.75, 3.05) is 26.1 Å². The minimum atomic E-state index is -4.47. The highest BCUT2D eigenvalue weighted by Gasteiger charge is 2.33. The smallest absolute Gasteiger partial charge is 0.416 e. The van der Waals surface area contributed by atoms with Gasteiger partial charge in [-0.15, -0.1) is 0 Å². The molecule has 5 aromatic rings. The number of nitrogens with zero attached hydrogens (tertiary/aromatic N) is 2. The molecule has 0 saturated carbocycles. The molecule has 1 heterocycles. The van der Waals surface area contributed by atoms with Gasteiger partial charge in [-0.3, -0.25) is 0 Å². The van der Waals surface area contributed by atoms with Gasteiger partial charge in [0.15, 0.2) is 0 Å². The molecule has 1 aromatic heterocycles. The molecule has 0 fully saturated rings. The summed E-state index contributed by atoms with van der Waals surface area (Å²) in [5.41, 5.74) is 3.52. The van der Waals surface area contributed by atoms with Gasteiger partial charge in [0.25, 0.3) is 0 Å². The lowest BCUT2D eigenvalue weighted by atomic mass is 9.98. The third-order valence-electron chi connectivity index (χ3n) is 6.09. The molecule has 6 heteroatoms. The molecule has 0 aliphatic carbocycles.